The Bertz CT molecular complexity index is 193. The third-order valence-electron chi connectivity index (χ3n) is 0.990. The van der Waals surface area contributed by atoms with Gasteiger partial charge in [0, 0.05) is 0 Å². The summed E-state index contributed by atoms with van der Waals surface area (Å²) in [6.07, 6.45) is 0. The molecule has 0 saturated carbocycles. The number of rotatable bonds is 1. The molecule has 0 amide bonds. The Morgan fingerprint density at radius 1 is 0.812 bits per heavy atom. The smallest absolute Gasteiger partial charge is 0.680 e. The molecule has 0 bridgehead atoms. The Morgan fingerprint density at radius 3 is 1.19 bits per heavy atom. The van der Waals surface area contributed by atoms with Crippen molar-refractivity contribution in [3.63, 3.8) is 0 Å². The molecule has 8 heteroatoms. The zero-order valence-electron chi connectivity index (χ0n) is 9.44. The van der Waals surface area contributed by atoms with Crippen molar-refractivity contribution >= 4 is 14.3 Å². The van der Waals surface area contributed by atoms with Gasteiger partial charge in [-0.1, -0.05) is 5.19 Å². The van der Waals surface area contributed by atoms with Crippen molar-refractivity contribution in [1.29, 1.82) is 0 Å². The van der Waals surface area contributed by atoms with Gasteiger partial charge < -0.3 is 17.2 Å². The molecule has 0 unspecified atom stereocenters. The summed E-state index contributed by atoms with van der Waals surface area (Å²) in [7, 11) is -1.73. The van der Waals surface area contributed by atoms with Crippen molar-refractivity contribution in [2.45, 2.75) is 0 Å². The van der Waals surface area contributed by atoms with Gasteiger partial charge in [0.05, 0.1) is 0 Å². The van der Waals surface area contributed by atoms with E-state index < -0.39 is 14.3 Å². The predicted octanol–water partition coefficient (Wildman–Crippen LogP) is 3.46. The first-order valence-corrected chi connectivity index (χ1v) is 5.53. The van der Waals surface area contributed by atoms with Crippen LogP contribution in [0.25, 0.3) is 17.2 Å². The minimum atomic E-state index is -5.48. The van der Waals surface area contributed by atoms with Crippen molar-refractivity contribution < 1.29 is 38.5 Å². The van der Waals surface area contributed by atoms with Crippen LogP contribution in [0.5, 0.6) is 0 Å². The number of halogens is 3. The van der Waals surface area contributed by atoms with Crippen LogP contribution in [-0.4, -0.2) is 30.2 Å². The molecule has 92 valence electrons. The van der Waals surface area contributed by atoms with E-state index in [-0.39, 0.29) is 26.2 Å². The molecule has 0 saturated heterocycles. The Balaban J connectivity index is -0.0000000900. The summed E-state index contributed by atoms with van der Waals surface area (Å²) in [5.41, 5.74) is 17.2. The van der Waals surface area contributed by atoms with Crippen LogP contribution < -0.4 is 5.19 Å². The molecule has 0 aliphatic carbocycles. The van der Waals surface area contributed by atoms with E-state index in [0.29, 0.717) is 0 Å². The molecule has 0 aliphatic heterocycles. The SMILES string of the molecule is C[NH-].C[NH-].C[NH-].F[Si](F)(F)[c-]1cccc1.[Zr+4]. The summed E-state index contributed by atoms with van der Waals surface area (Å²) in [6.45, 7) is 0. The minimum Gasteiger partial charge on any atom is -0.680 e. The van der Waals surface area contributed by atoms with Gasteiger partial charge in [0.1, 0.15) is 0 Å². The second-order valence-corrected chi connectivity index (χ2v) is 3.24. The van der Waals surface area contributed by atoms with Gasteiger partial charge in [-0.05, 0) is 0 Å². The molecule has 16 heavy (non-hydrogen) atoms. The average Bonchev–Trinajstić information content (AvgIpc) is 2.79. The van der Waals surface area contributed by atoms with Gasteiger partial charge in [-0.15, -0.1) is 0 Å². The molecule has 1 rings (SSSR count). The third kappa shape index (κ3) is 14.1. The topological polar surface area (TPSA) is 71.4 Å². The fourth-order valence-electron chi connectivity index (χ4n) is 0.563. The maximum atomic E-state index is 11.8. The molecule has 1 aromatic carbocycles. The summed E-state index contributed by atoms with van der Waals surface area (Å²) in [6, 6.07) is 5.00. The van der Waals surface area contributed by atoms with Crippen molar-refractivity contribution in [1.82, 2.24) is 0 Å². The monoisotopic (exact) mass is 329 g/mol. The second kappa shape index (κ2) is 17.5. The first kappa shape index (κ1) is 25.1. The van der Waals surface area contributed by atoms with Gasteiger partial charge in [-0.2, -0.15) is 33.3 Å². The molecule has 0 radical (unpaired) electrons. The molecule has 1 aromatic rings. The molecule has 0 fully saturated rings. The van der Waals surface area contributed by atoms with Crippen molar-refractivity contribution in [2.75, 3.05) is 21.1 Å². The Kier molecular flexibility index (Phi) is 27.5. The summed E-state index contributed by atoms with van der Waals surface area (Å²) >= 11 is 0. The Labute approximate surface area is 115 Å². The second-order valence-electron chi connectivity index (χ2n) is 1.67. The van der Waals surface area contributed by atoms with E-state index in [2.05, 4.69) is 0 Å². The number of hydrogen-bond donors (Lipinski definition) is 0. The normalized spacial score (nSPS) is 7.81. The molecule has 3 N–H and O–H groups in total. The molecule has 0 heterocycles. The van der Waals surface area contributed by atoms with Gasteiger partial charge in [0.15, 0.2) is 0 Å². The molecule has 0 aliphatic rings. The van der Waals surface area contributed by atoms with Crippen LogP contribution in [0.4, 0.5) is 12.3 Å². The number of nitrogens with one attached hydrogen (secondary N) is 3. The molecule has 0 spiro atoms. The first-order valence-electron chi connectivity index (χ1n) is 3.89. The minimum absolute atomic E-state index is 0. The predicted molar refractivity (Wildman–Crippen MR) is 61.5 cm³/mol. The van der Waals surface area contributed by atoms with Crippen LogP contribution in [0, 0.1) is 0 Å². The zero-order chi connectivity index (χ0) is 12.9. The van der Waals surface area contributed by atoms with Gasteiger partial charge in [0.2, 0.25) is 0 Å². The Hall–Kier alpha value is 0.120. The molecular formula is C8H16F3N3SiZr. The van der Waals surface area contributed by atoms with Crippen LogP contribution in [0.3, 0.4) is 0 Å². The summed E-state index contributed by atoms with van der Waals surface area (Å²) in [5.74, 6) is 0. The summed E-state index contributed by atoms with van der Waals surface area (Å²) < 4.78 is 35.3. The van der Waals surface area contributed by atoms with E-state index in [1.54, 1.807) is 0 Å². The van der Waals surface area contributed by atoms with E-state index >= 15 is 0 Å². The van der Waals surface area contributed by atoms with E-state index in [9.17, 15) is 12.3 Å². The summed E-state index contributed by atoms with van der Waals surface area (Å²) in [5, 5.41) is -0.442. The van der Waals surface area contributed by atoms with Crippen molar-refractivity contribution in [3.8, 4) is 0 Å². The fraction of sp³-hybridized carbons (Fsp3) is 0.375. The maximum Gasteiger partial charge on any atom is 4.00 e. The quantitative estimate of drug-likeness (QED) is 0.430. The van der Waals surface area contributed by atoms with Crippen LogP contribution in [-0.2, 0) is 26.2 Å². The maximum absolute atomic E-state index is 11.8. The van der Waals surface area contributed by atoms with Gasteiger partial charge in [-0.25, -0.2) is 24.5 Å². The van der Waals surface area contributed by atoms with Crippen molar-refractivity contribution in [3.05, 3.63) is 41.5 Å². The van der Waals surface area contributed by atoms with E-state index in [1.165, 1.54) is 33.3 Å². The molecule has 0 atom stereocenters. The van der Waals surface area contributed by atoms with Crippen LogP contribution >= 0.6 is 0 Å². The van der Waals surface area contributed by atoms with Gasteiger partial charge >= 0.3 is 35.3 Å². The zero-order valence-corrected chi connectivity index (χ0v) is 12.9. The third-order valence-corrected chi connectivity index (χ3v) is 1.98. The number of hydrogen-bond acceptors (Lipinski definition) is 0. The van der Waals surface area contributed by atoms with Gasteiger partial charge in [-0.3, -0.25) is 0 Å². The van der Waals surface area contributed by atoms with Crippen molar-refractivity contribution in [2.24, 2.45) is 0 Å². The standard InChI is InChI=1S/C5H4F3Si.3CH4N.Zr/c6-9(7,8)5-3-1-2-4-5;3*1-2;/h1-4H;3*2H,1H3;/q4*-1;+4. The molecule has 0 aromatic heterocycles. The Morgan fingerprint density at radius 2 is 1.06 bits per heavy atom. The van der Waals surface area contributed by atoms with Gasteiger partial charge in [0.25, 0.3) is 0 Å². The van der Waals surface area contributed by atoms with Crippen LogP contribution in [0.2, 0.25) is 0 Å². The van der Waals surface area contributed by atoms with Crippen LogP contribution in [0.15, 0.2) is 24.3 Å². The molecular weight excluding hydrogens is 314 g/mol. The average molecular weight is 331 g/mol. The van der Waals surface area contributed by atoms with Crippen LogP contribution in [0.1, 0.15) is 0 Å². The molecule has 3 nitrogen and oxygen atoms in total. The van der Waals surface area contributed by atoms with E-state index in [4.69, 9.17) is 17.2 Å². The van der Waals surface area contributed by atoms with E-state index in [0.717, 1.165) is 12.1 Å². The largest absolute Gasteiger partial charge is 4.00 e. The summed E-state index contributed by atoms with van der Waals surface area (Å²) in [4.78, 5) is 0. The first-order chi connectivity index (χ1) is 7.11. The van der Waals surface area contributed by atoms with E-state index in [1.807, 2.05) is 0 Å². The fourth-order valence-corrected chi connectivity index (χ4v) is 1.13.